The number of methoxy groups -OCH3 is 2. The quantitative estimate of drug-likeness (QED) is 0.662. The Hall–Kier alpha value is -2.67. The zero-order valence-electron chi connectivity index (χ0n) is 16.7. The predicted molar refractivity (Wildman–Crippen MR) is 117 cm³/mol. The second-order valence-electron chi connectivity index (χ2n) is 6.84. The summed E-state index contributed by atoms with van der Waals surface area (Å²) in [5.41, 5.74) is 1.52. The number of nitrogens with one attached hydrogen (secondary N) is 2. The van der Waals surface area contributed by atoms with E-state index in [-0.39, 0.29) is 11.8 Å². The molecule has 0 aromatic heterocycles. The summed E-state index contributed by atoms with van der Waals surface area (Å²) in [4.78, 5) is 24.9. The highest BCUT2D eigenvalue weighted by molar-refractivity contribution is 8.00. The molecule has 0 atom stereocenters. The van der Waals surface area contributed by atoms with E-state index in [2.05, 4.69) is 10.6 Å². The fourth-order valence-electron chi connectivity index (χ4n) is 3.31. The molecular formula is C22H26N2O4S. The fraction of sp³-hybridized carbons (Fsp3) is 0.364. The van der Waals surface area contributed by atoms with Crippen molar-refractivity contribution in [3.8, 4) is 11.5 Å². The Morgan fingerprint density at radius 1 is 0.966 bits per heavy atom. The van der Waals surface area contributed by atoms with Crippen LogP contribution in [-0.2, 0) is 4.79 Å². The molecule has 7 heteroatoms. The van der Waals surface area contributed by atoms with E-state index < -0.39 is 0 Å². The molecule has 6 nitrogen and oxygen atoms in total. The van der Waals surface area contributed by atoms with Crippen LogP contribution in [-0.4, -0.2) is 37.0 Å². The average molecular weight is 415 g/mol. The summed E-state index contributed by atoms with van der Waals surface area (Å²) in [5.74, 6) is 0.962. The first-order valence-electron chi connectivity index (χ1n) is 9.64. The maximum atomic E-state index is 12.5. The van der Waals surface area contributed by atoms with Crippen molar-refractivity contribution in [1.82, 2.24) is 0 Å². The number of thioether (sulfide) groups is 1. The van der Waals surface area contributed by atoms with Crippen molar-refractivity contribution in [2.75, 3.05) is 30.6 Å². The molecule has 154 valence electrons. The average Bonchev–Trinajstić information content (AvgIpc) is 3.27. The van der Waals surface area contributed by atoms with E-state index in [1.54, 1.807) is 48.2 Å². The third-order valence-electron chi connectivity index (χ3n) is 4.83. The molecule has 0 heterocycles. The van der Waals surface area contributed by atoms with E-state index in [1.807, 2.05) is 6.07 Å². The number of rotatable bonds is 8. The van der Waals surface area contributed by atoms with Gasteiger partial charge >= 0.3 is 0 Å². The van der Waals surface area contributed by atoms with Crippen molar-refractivity contribution in [3.63, 3.8) is 0 Å². The maximum Gasteiger partial charge on any atom is 0.255 e. The van der Waals surface area contributed by atoms with Crippen LogP contribution in [0.1, 0.15) is 36.0 Å². The maximum absolute atomic E-state index is 12.5. The van der Waals surface area contributed by atoms with E-state index in [1.165, 1.54) is 39.9 Å². The molecule has 2 aromatic rings. The Morgan fingerprint density at radius 3 is 2.14 bits per heavy atom. The molecule has 2 amide bonds. The number of carbonyl (C=O) groups excluding carboxylic acids is 2. The summed E-state index contributed by atoms with van der Waals surface area (Å²) in [5, 5.41) is 6.31. The zero-order chi connectivity index (χ0) is 20.6. The Kier molecular flexibility index (Phi) is 7.41. The van der Waals surface area contributed by atoms with Crippen LogP contribution in [0.15, 0.2) is 42.5 Å². The van der Waals surface area contributed by atoms with Gasteiger partial charge in [0.25, 0.3) is 5.91 Å². The molecule has 0 aliphatic heterocycles. The summed E-state index contributed by atoms with van der Waals surface area (Å²) in [6.45, 7) is 0. The van der Waals surface area contributed by atoms with E-state index >= 15 is 0 Å². The SMILES string of the molecule is COc1cc(NC(=O)c2ccccc2)c(OC)cc1NC(=O)CSC1CCCC1. The first-order valence-corrected chi connectivity index (χ1v) is 10.7. The molecule has 2 N–H and O–H groups in total. The van der Waals surface area contributed by atoms with Crippen LogP contribution in [0.3, 0.4) is 0 Å². The van der Waals surface area contributed by atoms with Crippen molar-refractivity contribution in [3.05, 3.63) is 48.0 Å². The van der Waals surface area contributed by atoms with Crippen molar-refractivity contribution in [2.24, 2.45) is 0 Å². The van der Waals surface area contributed by atoms with E-state index in [0.717, 1.165) is 0 Å². The third-order valence-corrected chi connectivity index (χ3v) is 6.20. The number of hydrogen-bond donors (Lipinski definition) is 2. The molecule has 1 saturated carbocycles. The summed E-state index contributed by atoms with van der Waals surface area (Å²) < 4.78 is 10.8. The normalized spacial score (nSPS) is 13.7. The van der Waals surface area contributed by atoms with E-state index in [9.17, 15) is 9.59 Å². The predicted octanol–water partition coefficient (Wildman–Crippen LogP) is 4.57. The fourth-order valence-corrected chi connectivity index (χ4v) is 4.44. The molecule has 0 radical (unpaired) electrons. The van der Waals surface area contributed by atoms with Gasteiger partial charge in [0.1, 0.15) is 11.5 Å². The highest BCUT2D eigenvalue weighted by atomic mass is 32.2. The molecule has 1 aliphatic rings. The van der Waals surface area contributed by atoms with Gasteiger partial charge in [-0.05, 0) is 25.0 Å². The minimum absolute atomic E-state index is 0.0803. The molecular weight excluding hydrogens is 388 g/mol. The summed E-state index contributed by atoms with van der Waals surface area (Å²) >= 11 is 1.70. The number of benzene rings is 2. The standard InChI is InChI=1S/C22H26N2O4S/c1-27-19-13-18(24-22(26)15-8-4-3-5-9-15)20(28-2)12-17(19)23-21(25)14-29-16-10-6-7-11-16/h3-5,8-9,12-13,16H,6-7,10-11,14H2,1-2H3,(H,23,25)(H,24,26). The summed E-state index contributed by atoms with van der Waals surface area (Å²) in [7, 11) is 3.04. The number of anilines is 2. The first kappa shape index (κ1) is 21.0. The van der Waals surface area contributed by atoms with Crippen LogP contribution >= 0.6 is 11.8 Å². The lowest BCUT2D eigenvalue weighted by molar-refractivity contribution is -0.113. The monoisotopic (exact) mass is 414 g/mol. The molecule has 1 fully saturated rings. The minimum atomic E-state index is -0.254. The topological polar surface area (TPSA) is 76.7 Å². The van der Waals surface area contributed by atoms with Gasteiger partial charge in [-0.1, -0.05) is 31.0 Å². The molecule has 0 unspecified atom stereocenters. The third kappa shape index (κ3) is 5.67. The van der Waals surface area contributed by atoms with Crippen molar-refractivity contribution in [2.45, 2.75) is 30.9 Å². The minimum Gasteiger partial charge on any atom is -0.494 e. The highest BCUT2D eigenvalue weighted by Gasteiger charge is 2.19. The van der Waals surface area contributed by atoms with Gasteiger partial charge in [0, 0.05) is 22.9 Å². The van der Waals surface area contributed by atoms with Gasteiger partial charge < -0.3 is 20.1 Å². The molecule has 0 spiro atoms. The van der Waals surface area contributed by atoms with Gasteiger partial charge in [-0.15, -0.1) is 11.8 Å². The van der Waals surface area contributed by atoms with Gasteiger partial charge in [0.15, 0.2) is 0 Å². The van der Waals surface area contributed by atoms with Gasteiger partial charge in [0.2, 0.25) is 5.91 Å². The second-order valence-corrected chi connectivity index (χ2v) is 8.13. The largest absolute Gasteiger partial charge is 0.494 e. The molecule has 2 aromatic carbocycles. The molecule has 1 aliphatic carbocycles. The first-order chi connectivity index (χ1) is 14.1. The van der Waals surface area contributed by atoms with Crippen LogP contribution in [0, 0.1) is 0 Å². The molecule has 0 saturated heterocycles. The smallest absolute Gasteiger partial charge is 0.255 e. The van der Waals surface area contributed by atoms with Crippen molar-refractivity contribution >= 4 is 35.0 Å². The lowest BCUT2D eigenvalue weighted by atomic mass is 10.2. The van der Waals surface area contributed by atoms with E-state index in [4.69, 9.17) is 9.47 Å². The Bertz CT molecular complexity index is 851. The second kappa shape index (κ2) is 10.2. The highest BCUT2D eigenvalue weighted by Crippen LogP contribution is 2.37. The number of amides is 2. The van der Waals surface area contributed by atoms with E-state index in [0.29, 0.717) is 39.4 Å². The molecule has 0 bridgehead atoms. The van der Waals surface area contributed by atoms with Crippen LogP contribution in [0.4, 0.5) is 11.4 Å². The lowest BCUT2D eigenvalue weighted by Gasteiger charge is -2.16. The van der Waals surface area contributed by atoms with Crippen molar-refractivity contribution in [1.29, 1.82) is 0 Å². The Labute approximate surface area is 175 Å². The van der Waals surface area contributed by atoms with Crippen LogP contribution in [0.2, 0.25) is 0 Å². The van der Waals surface area contributed by atoms with Crippen molar-refractivity contribution < 1.29 is 19.1 Å². The van der Waals surface area contributed by atoms with Crippen LogP contribution in [0.25, 0.3) is 0 Å². The molecule has 3 rings (SSSR count). The van der Waals surface area contributed by atoms with Gasteiger partial charge in [-0.25, -0.2) is 0 Å². The Morgan fingerprint density at radius 2 is 1.55 bits per heavy atom. The Balaban J connectivity index is 1.71. The summed E-state index contributed by atoms with van der Waals surface area (Å²) in [6, 6.07) is 12.2. The van der Waals surface area contributed by atoms with Crippen LogP contribution in [0.5, 0.6) is 11.5 Å². The molecule has 29 heavy (non-hydrogen) atoms. The zero-order valence-corrected chi connectivity index (χ0v) is 17.5. The number of ether oxygens (including phenoxy) is 2. The van der Waals surface area contributed by atoms with Crippen LogP contribution < -0.4 is 20.1 Å². The van der Waals surface area contributed by atoms with Gasteiger partial charge in [0.05, 0.1) is 31.3 Å². The van der Waals surface area contributed by atoms with Gasteiger partial charge in [-0.2, -0.15) is 0 Å². The number of hydrogen-bond acceptors (Lipinski definition) is 5. The summed E-state index contributed by atoms with van der Waals surface area (Å²) in [6.07, 6.45) is 4.87. The lowest BCUT2D eigenvalue weighted by Crippen LogP contribution is -2.17. The van der Waals surface area contributed by atoms with Gasteiger partial charge in [-0.3, -0.25) is 9.59 Å². The number of carbonyl (C=O) groups is 2.